The predicted molar refractivity (Wildman–Crippen MR) is 150 cm³/mol. The van der Waals surface area contributed by atoms with E-state index in [1.165, 1.54) is 19.2 Å². The number of amides is 1. The van der Waals surface area contributed by atoms with Crippen LogP contribution in [0.4, 0.5) is 10.1 Å². The number of rotatable bonds is 5. The van der Waals surface area contributed by atoms with Crippen LogP contribution in [0.25, 0.3) is 56.0 Å². The molecular weight excluding hydrogens is 511 g/mol. The molecule has 3 N–H and O–H groups in total. The molecule has 0 saturated heterocycles. The summed E-state index contributed by atoms with van der Waals surface area (Å²) >= 11 is 0. The van der Waals surface area contributed by atoms with Crippen molar-refractivity contribution >= 4 is 33.5 Å². The van der Waals surface area contributed by atoms with Crippen LogP contribution in [-0.4, -0.2) is 48.1 Å². The molecule has 1 amide bonds. The lowest BCUT2D eigenvalue weighted by molar-refractivity contribution is -0.123. The van der Waals surface area contributed by atoms with Crippen molar-refractivity contribution in [3.05, 3.63) is 67.0 Å². The third kappa shape index (κ3) is 4.62. The number of carbonyl (C=O) groups is 1. The van der Waals surface area contributed by atoms with Crippen LogP contribution in [0.15, 0.2) is 61.2 Å². The number of hydrogen-bond donors (Lipinski definition) is 3. The van der Waals surface area contributed by atoms with Gasteiger partial charge in [-0.2, -0.15) is 5.10 Å². The number of hydrogen-bond acceptors (Lipinski definition) is 7. The fraction of sp³-hybridized carbons (Fsp3) is 0.172. The molecule has 5 aromatic heterocycles. The molecule has 200 valence electrons. The van der Waals surface area contributed by atoms with Crippen LogP contribution in [0.3, 0.4) is 0 Å². The number of pyridine rings is 3. The van der Waals surface area contributed by atoms with Gasteiger partial charge in [-0.05, 0) is 30.3 Å². The van der Waals surface area contributed by atoms with E-state index in [-0.39, 0.29) is 5.91 Å². The molecular formula is C29H25FN8O2. The maximum Gasteiger partial charge on any atom is 0.229 e. The maximum absolute atomic E-state index is 14.2. The third-order valence-electron chi connectivity index (χ3n) is 6.43. The van der Waals surface area contributed by atoms with Gasteiger partial charge < -0.3 is 15.0 Å². The van der Waals surface area contributed by atoms with Gasteiger partial charge in [-0.15, -0.1) is 0 Å². The minimum atomic E-state index is -0.540. The van der Waals surface area contributed by atoms with Crippen LogP contribution >= 0.6 is 0 Å². The van der Waals surface area contributed by atoms with Crippen molar-refractivity contribution in [2.45, 2.75) is 20.8 Å². The smallest absolute Gasteiger partial charge is 0.229 e. The van der Waals surface area contributed by atoms with E-state index < -0.39 is 11.2 Å². The molecule has 40 heavy (non-hydrogen) atoms. The Hall–Kier alpha value is -5.19. The summed E-state index contributed by atoms with van der Waals surface area (Å²) < 4.78 is 19.5. The molecule has 0 aliphatic rings. The third-order valence-corrected chi connectivity index (χ3v) is 6.43. The van der Waals surface area contributed by atoms with E-state index >= 15 is 0 Å². The van der Waals surface area contributed by atoms with Gasteiger partial charge in [-0.3, -0.25) is 24.8 Å². The maximum atomic E-state index is 14.2. The van der Waals surface area contributed by atoms with Crippen molar-refractivity contribution in [2.24, 2.45) is 5.41 Å². The second-order valence-corrected chi connectivity index (χ2v) is 10.4. The van der Waals surface area contributed by atoms with E-state index in [4.69, 9.17) is 9.72 Å². The van der Waals surface area contributed by atoms with E-state index in [9.17, 15) is 9.18 Å². The summed E-state index contributed by atoms with van der Waals surface area (Å²) in [4.78, 5) is 33.9. The quantitative estimate of drug-likeness (QED) is 0.255. The lowest BCUT2D eigenvalue weighted by Gasteiger charge is -2.17. The molecule has 1 aromatic carbocycles. The second-order valence-electron chi connectivity index (χ2n) is 10.4. The standard InChI is InChI=1S/C29H25FN8O2/c1-29(2,3)28(39)34-18-8-16(12-31-13-18)22-11-20-23(14-33-22)37-38-25(20)27-35-21-5-6-32-24(26(21)36-27)15-7-17(30)10-19(9-15)40-4/h5-14H,1-4H3,(H,34,39)(H,35,36)(H,37,38). The number of nitrogens with zero attached hydrogens (tertiary/aromatic N) is 5. The SMILES string of the molecule is COc1cc(F)cc(-c2nccc3[nH]c(-c4n[nH]c5cnc(-c6cncc(NC(=O)C(C)(C)C)c6)cc45)nc23)c1. The van der Waals surface area contributed by atoms with E-state index in [1.54, 1.807) is 36.9 Å². The molecule has 5 heterocycles. The van der Waals surface area contributed by atoms with Crippen LogP contribution in [0, 0.1) is 11.2 Å². The molecule has 6 rings (SSSR count). The zero-order valence-corrected chi connectivity index (χ0v) is 22.2. The number of imidazole rings is 1. The number of aromatic amines is 2. The fourth-order valence-corrected chi connectivity index (χ4v) is 4.30. The normalized spacial score (nSPS) is 11.7. The lowest BCUT2D eigenvalue weighted by atomic mass is 9.95. The van der Waals surface area contributed by atoms with Crippen LogP contribution in [0.1, 0.15) is 20.8 Å². The van der Waals surface area contributed by atoms with E-state index in [0.29, 0.717) is 45.4 Å². The van der Waals surface area contributed by atoms with Crippen LogP contribution in [0.2, 0.25) is 0 Å². The highest BCUT2D eigenvalue weighted by atomic mass is 19.1. The Bertz CT molecular complexity index is 1900. The first-order valence-electron chi connectivity index (χ1n) is 12.5. The fourth-order valence-electron chi connectivity index (χ4n) is 4.30. The zero-order chi connectivity index (χ0) is 28.0. The summed E-state index contributed by atoms with van der Waals surface area (Å²) in [6.45, 7) is 5.55. The predicted octanol–water partition coefficient (Wildman–Crippen LogP) is 5.76. The van der Waals surface area contributed by atoms with Crippen molar-refractivity contribution in [1.29, 1.82) is 0 Å². The van der Waals surface area contributed by atoms with Crippen molar-refractivity contribution in [1.82, 2.24) is 35.1 Å². The molecule has 0 aliphatic heterocycles. The van der Waals surface area contributed by atoms with Gasteiger partial charge in [-0.1, -0.05) is 20.8 Å². The number of benzene rings is 1. The molecule has 0 atom stereocenters. The van der Waals surface area contributed by atoms with Crippen molar-refractivity contribution in [3.63, 3.8) is 0 Å². The molecule has 0 fully saturated rings. The number of H-pyrrole nitrogens is 2. The molecule has 0 saturated carbocycles. The highest BCUT2D eigenvalue weighted by Crippen LogP contribution is 2.33. The number of ether oxygens (including phenoxy) is 1. The van der Waals surface area contributed by atoms with Crippen molar-refractivity contribution in [3.8, 4) is 39.8 Å². The summed E-state index contributed by atoms with van der Waals surface area (Å²) in [6, 6.07) is 9.95. The van der Waals surface area contributed by atoms with E-state index in [1.807, 2.05) is 32.9 Å². The van der Waals surface area contributed by atoms with Gasteiger partial charge in [-0.25, -0.2) is 9.37 Å². The first kappa shape index (κ1) is 25.1. The number of halogens is 1. The van der Waals surface area contributed by atoms with Gasteiger partial charge in [0.15, 0.2) is 5.82 Å². The van der Waals surface area contributed by atoms with Crippen LogP contribution < -0.4 is 10.1 Å². The first-order chi connectivity index (χ1) is 19.2. The first-order valence-corrected chi connectivity index (χ1v) is 12.5. The number of methoxy groups -OCH3 is 1. The van der Waals surface area contributed by atoms with Gasteiger partial charge in [0.2, 0.25) is 5.91 Å². The minimum Gasteiger partial charge on any atom is -0.497 e. The van der Waals surface area contributed by atoms with Gasteiger partial charge in [0.25, 0.3) is 0 Å². The Kier molecular flexibility index (Phi) is 5.98. The highest BCUT2D eigenvalue weighted by molar-refractivity contribution is 5.97. The number of carbonyl (C=O) groups excluding carboxylic acids is 1. The Morgan fingerprint density at radius 3 is 2.62 bits per heavy atom. The van der Waals surface area contributed by atoms with Crippen LogP contribution in [-0.2, 0) is 4.79 Å². The number of aromatic nitrogens is 7. The number of fused-ring (bicyclic) bond motifs is 2. The number of nitrogens with one attached hydrogen (secondary N) is 3. The minimum absolute atomic E-state index is 0.109. The molecule has 6 aromatic rings. The summed E-state index contributed by atoms with van der Waals surface area (Å²) in [5, 5.41) is 11.2. The average Bonchev–Trinajstić information content (AvgIpc) is 3.56. The molecule has 11 heteroatoms. The van der Waals surface area contributed by atoms with Crippen molar-refractivity contribution < 1.29 is 13.9 Å². The Morgan fingerprint density at radius 1 is 0.975 bits per heavy atom. The van der Waals surface area contributed by atoms with Gasteiger partial charge in [0.1, 0.15) is 22.8 Å². The molecule has 0 radical (unpaired) electrons. The van der Waals surface area contributed by atoms with Crippen LogP contribution in [0.5, 0.6) is 5.75 Å². The summed E-state index contributed by atoms with van der Waals surface area (Å²) in [6.07, 6.45) is 6.62. The van der Waals surface area contributed by atoms with Crippen molar-refractivity contribution in [2.75, 3.05) is 12.4 Å². The topological polar surface area (TPSA) is 134 Å². The number of anilines is 1. The van der Waals surface area contributed by atoms with Gasteiger partial charge in [0, 0.05) is 40.4 Å². The van der Waals surface area contributed by atoms with E-state index in [2.05, 4.69) is 35.5 Å². The molecule has 0 aliphatic carbocycles. The molecule has 0 bridgehead atoms. The average molecular weight is 537 g/mol. The summed E-state index contributed by atoms with van der Waals surface area (Å²) in [5.74, 6) is 0.362. The van der Waals surface area contributed by atoms with Gasteiger partial charge >= 0.3 is 0 Å². The Balaban J connectivity index is 1.40. The Morgan fingerprint density at radius 2 is 1.82 bits per heavy atom. The summed E-state index contributed by atoms with van der Waals surface area (Å²) in [5.41, 5.74) is 5.09. The van der Waals surface area contributed by atoms with Gasteiger partial charge in [0.05, 0.1) is 47.6 Å². The lowest BCUT2D eigenvalue weighted by Crippen LogP contribution is -2.27. The zero-order valence-electron chi connectivity index (χ0n) is 22.2. The second kappa shape index (κ2) is 9.53. The largest absolute Gasteiger partial charge is 0.497 e. The molecule has 0 unspecified atom stereocenters. The Labute approximate surface area is 228 Å². The molecule has 10 nitrogen and oxygen atoms in total. The highest BCUT2D eigenvalue weighted by Gasteiger charge is 2.22. The van der Waals surface area contributed by atoms with E-state index in [0.717, 1.165) is 22.0 Å². The monoisotopic (exact) mass is 536 g/mol. The molecule has 0 spiro atoms. The summed E-state index contributed by atoms with van der Waals surface area (Å²) in [7, 11) is 1.49.